The highest BCUT2D eigenvalue weighted by Crippen LogP contribution is 2.32. The Balaban J connectivity index is 1.89. The second-order valence-corrected chi connectivity index (χ2v) is 6.41. The third kappa shape index (κ3) is 4.88. The average Bonchev–Trinajstić information content (AvgIpc) is 2.73. The lowest BCUT2D eigenvalue weighted by Gasteiger charge is -2.12. The van der Waals surface area contributed by atoms with E-state index in [2.05, 4.69) is 20.6 Å². The van der Waals surface area contributed by atoms with Crippen molar-refractivity contribution in [1.82, 2.24) is 9.97 Å². The zero-order valence-corrected chi connectivity index (χ0v) is 16.6. The Kier molecular flexibility index (Phi) is 6.53. The largest absolute Gasteiger partial charge is 0.462 e. The van der Waals surface area contributed by atoms with Crippen molar-refractivity contribution < 1.29 is 14.5 Å². The molecule has 30 heavy (non-hydrogen) atoms. The molecule has 0 atom stereocenters. The van der Waals surface area contributed by atoms with Gasteiger partial charge in [-0.05, 0) is 31.5 Å². The van der Waals surface area contributed by atoms with Crippen LogP contribution in [0, 0.1) is 17.0 Å². The van der Waals surface area contributed by atoms with Crippen molar-refractivity contribution in [2.75, 3.05) is 17.2 Å². The number of anilines is 3. The maximum atomic E-state index is 12.2. The minimum atomic E-state index is -0.563. The number of hydrogen-bond acceptors (Lipinski definition) is 8. The van der Waals surface area contributed by atoms with Crippen LogP contribution in [-0.2, 0) is 11.3 Å². The maximum absolute atomic E-state index is 12.2. The summed E-state index contributed by atoms with van der Waals surface area (Å²) >= 11 is 0. The van der Waals surface area contributed by atoms with Gasteiger partial charge in [-0.15, -0.1) is 0 Å². The Hall–Kier alpha value is -4.01. The van der Waals surface area contributed by atoms with Gasteiger partial charge >= 0.3 is 11.7 Å². The van der Waals surface area contributed by atoms with Gasteiger partial charge in [0.05, 0.1) is 22.8 Å². The van der Waals surface area contributed by atoms with Gasteiger partial charge in [0.2, 0.25) is 11.6 Å². The first-order valence-electron chi connectivity index (χ1n) is 9.31. The van der Waals surface area contributed by atoms with E-state index in [0.717, 1.165) is 11.1 Å². The van der Waals surface area contributed by atoms with E-state index in [1.807, 2.05) is 31.2 Å². The number of nitrogens with zero attached hydrogens (tertiary/aromatic N) is 3. The van der Waals surface area contributed by atoms with Crippen LogP contribution in [0.15, 0.2) is 54.9 Å². The van der Waals surface area contributed by atoms with E-state index in [9.17, 15) is 14.9 Å². The SMILES string of the molecule is CCOC(=O)c1ccccc1Nc1ncnc(NCc2ccc(C)cc2)c1[N+](=O)[O-]. The van der Waals surface area contributed by atoms with Crippen LogP contribution in [0.5, 0.6) is 0 Å². The molecule has 2 aromatic carbocycles. The number of aryl methyl sites for hydroxylation is 1. The van der Waals surface area contributed by atoms with Crippen molar-refractivity contribution >= 4 is 29.0 Å². The summed E-state index contributed by atoms with van der Waals surface area (Å²) in [4.78, 5) is 31.4. The standard InChI is InChI=1S/C21H21N5O4/c1-3-30-21(27)16-6-4-5-7-17(16)25-20-18(26(28)29)19(23-13-24-20)22-12-15-10-8-14(2)9-11-15/h4-11,13H,3,12H2,1-2H3,(H2,22,23,24,25). The highest BCUT2D eigenvalue weighted by Gasteiger charge is 2.24. The second kappa shape index (κ2) is 9.46. The smallest absolute Gasteiger partial charge is 0.353 e. The van der Waals surface area contributed by atoms with E-state index in [1.165, 1.54) is 6.33 Å². The minimum absolute atomic E-state index is 0.0295. The molecular weight excluding hydrogens is 386 g/mol. The van der Waals surface area contributed by atoms with E-state index in [1.54, 1.807) is 31.2 Å². The summed E-state index contributed by atoms with van der Waals surface area (Å²) in [6, 6.07) is 14.4. The van der Waals surface area contributed by atoms with Crippen LogP contribution in [0.1, 0.15) is 28.4 Å². The predicted octanol–water partition coefficient (Wildman–Crippen LogP) is 4.23. The Morgan fingerprint density at radius 1 is 1.10 bits per heavy atom. The van der Waals surface area contributed by atoms with Crippen molar-refractivity contribution in [3.63, 3.8) is 0 Å². The highest BCUT2D eigenvalue weighted by atomic mass is 16.6. The molecule has 0 spiro atoms. The fraction of sp³-hybridized carbons (Fsp3) is 0.190. The first kappa shape index (κ1) is 20.7. The quantitative estimate of drug-likeness (QED) is 0.323. The molecule has 2 N–H and O–H groups in total. The van der Waals surface area contributed by atoms with Gasteiger partial charge in [0.1, 0.15) is 6.33 Å². The third-order valence-corrected chi connectivity index (χ3v) is 4.26. The van der Waals surface area contributed by atoms with E-state index in [4.69, 9.17) is 4.74 Å². The maximum Gasteiger partial charge on any atom is 0.353 e. The Morgan fingerprint density at radius 2 is 1.80 bits per heavy atom. The number of esters is 1. The van der Waals surface area contributed by atoms with Crippen LogP contribution in [-0.4, -0.2) is 27.5 Å². The third-order valence-electron chi connectivity index (χ3n) is 4.26. The summed E-state index contributed by atoms with van der Waals surface area (Å²) in [5, 5.41) is 17.6. The van der Waals surface area contributed by atoms with Crippen molar-refractivity contribution in [2.24, 2.45) is 0 Å². The predicted molar refractivity (Wildman–Crippen MR) is 113 cm³/mol. The molecule has 0 saturated heterocycles. The number of benzene rings is 2. The lowest BCUT2D eigenvalue weighted by Crippen LogP contribution is -2.11. The van der Waals surface area contributed by atoms with E-state index in [-0.39, 0.29) is 29.5 Å². The number of aromatic nitrogens is 2. The fourth-order valence-corrected chi connectivity index (χ4v) is 2.77. The number of para-hydroxylation sites is 1. The molecule has 0 unspecified atom stereocenters. The number of carbonyl (C=O) groups excluding carboxylic acids is 1. The molecule has 1 aromatic heterocycles. The van der Waals surface area contributed by atoms with Gasteiger partial charge < -0.3 is 15.4 Å². The zero-order chi connectivity index (χ0) is 21.5. The number of nitro groups is 1. The topological polar surface area (TPSA) is 119 Å². The molecule has 0 radical (unpaired) electrons. The van der Waals surface area contributed by atoms with E-state index >= 15 is 0 Å². The van der Waals surface area contributed by atoms with Crippen LogP contribution < -0.4 is 10.6 Å². The number of nitrogens with one attached hydrogen (secondary N) is 2. The molecule has 0 aliphatic carbocycles. The molecule has 3 aromatic rings. The molecule has 0 fully saturated rings. The Labute approximate surface area is 173 Å². The van der Waals surface area contributed by atoms with Crippen molar-refractivity contribution in [3.8, 4) is 0 Å². The van der Waals surface area contributed by atoms with Crippen LogP contribution in [0.2, 0.25) is 0 Å². The van der Waals surface area contributed by atoms with Gasteiger partial charge in [-0.25, -0.2) is 14.8 Å². The van der Waals surface area contributed by atoms with Gasteiger partial charge in [-0.1, -0.05) is 42.0 Å². The molecule has 0 saturated carbocycles. The molecule has 0 aliphatic heterocycles. The summed E-state index contributed by atoms with van der Waals surface area (Å²) in [6.07, 6.45) is 1.22. The summed E-state index contributed by atoms with van der Waals surface area (Å²) in [7, 11) is 0. The van der Waals surface area contributed by atoms with E-state index < -0.39 is 10.9 Å². The molecule has 154 valence electrons. The summed E-state index contributed by atoms with van der Waals surface area (Å²) in [5.74, 6) is -0.486. The van der Waals surface area contributed by atoms with Crippen LogP contribution >= 0.6 is 0 Å². The zero-order valence-electron chi connectivity index (χ0n) is 16.6. The Morgan fingerprint density at radius 3 is 2.50 bits per heavy atom. The Bertz CT molecular complexity index is 1050. The average molecular weight is 407 g/mol. The number of ether oxygens (including phenoxy) is 1. The summed E-state index contributed by atoms with van der Waals surface area (Å²) < 4.78 is 5.05. The molecular formula is C21H21N5O4. The molecule has 0 bridgehead atoms. The molecule has 0 amide bonds. The van der Waals surface area contributed by atoms with Gasteiger partial charge in [-0.2, -0.15) is 0 Å². The number of carbonyl (C=O) groups is 1. The van der Waals surface area contributed by atoms with Crippen LogP contribution in [0.4, 0.5) is 23.0 Å². The molecule has 9 heteroatoms. The van der Waals surface area contributed by atoms with Gasteiger partial charge in [0, 0.05) is 6.54 Å². The highest BCUT2D eigenvalue weighted by molar-refractivity contribution is 5.96. The lowest BCUT2D eigenvalue weighted by atomic mass is 10.1. The number of rotatable bonds is 8. The van der Waals surface area contributed by atoms with Gasteiger partial charge in [0.25, 0.3) is 0 Å². The van der Waals surface area contributed by atoms with Crippen molar-refractivity contribution in [3.05, 3.63) is 81.7 Å². The number of hydrogen-bond donors (Lipinski definition) is 2. The first-order chi connectivity index (χ1) is 14.5. The monoisotopic (exact) mass is 407 g/mol. The van der Waals surface area contributed by atoms with Crippen LogP contribution in [0.25, 0.3) is 0 Å². The van der Waals surface area contributed by atoms with Gasteiger partial charge in [0.15, 0.2) is 0 Å². The van der Waals surface area contributed by atoms with Gasteiger partial charge in [-0.3, -0.25) is 10.1 Å². The lowest BCUT2D eigenvalue weighted by molar-refractivity contribution is -0.383. The van der Waals surface area contributed by atoms with Crippen molar-refractivity contribution in [1.29, 1.82) is 0 Å². The van der Waals surface area contributed by atoms with Crippen LogP contribution in [0.3, 0.4) is 0 Å². The summed E-state index contributed by atoms with van der Waals surface area (Å²) in [6.45, 7) is 4.26. The minimum Gasteiger partial charge on any atom is -0.462 e. The fourth-order valence-electron chi connectivity index (χ4n) is 2.77. The first-order valence-corrected chi connectivity index (χ1v) is 9.31. The molecule has 0 aliphatic rings. The molecule has 3 rings (SSSR count). The van der Waals surface area contributed by atoms with E-state index in [0.29, 0.717) is 12.2 Å². The normalized spacial score (nSPS) is 10.3. The summed E-state index contributed by atoms with van der Waals surface area (Å²) in [5.41, 5.74) is 2.36. The second-order valence-electron chi connectivity index (χ2n) is 6.41. The molecule has 9 nitrogen and oxygen atoms in total. The molecule has 1 heterocycles. The van der Waals surface area contributed by atoms with Crippen molar-refractivity contribution in [2.45, 2.75) is 20.4 Å².